The summed E-state index contributed by atoms with van der Waals surface area (Å²) in [6.45, 7) is 9.72. The van der Waals surface area contributed by atoms with Gasteiger partial charge in [-0.25, -0.2) is 8.42 Å². The van der Waals surface area contributed by atoms with Crippen LogP contribution in [0.5, 0.6) is 5.75 Å². The number of carbonyl (C=O) groups excluding carboxylic acids is 1. The summed E-state index contributed by atoms with van der Waals surface area (Å²) in [4.78, 5) is 13.4. The Balaban J connectivity index is 1.65. The number of benzene rings is 3. The Bertz CT molecular complexity index is 1390. The largest absolute Gasteiger partial charge is 0.476 e. The van der Waals surface area contributed by atoms with Gasteiger partial charge < -0.3 is 10.1 Å². The van der Waals surface area contributed by atoms with Crippen LogP contribution in [-0.2, 0) is 14.8 Å². The van der Waals surface area contributed by atoms with Crippen molar-refractivity contribution in [2.75, 3.05) is 10.8 Å². The van der Waals surface area contributed by atoms with Crippen LogP contribution in [0.1, 0.15) is 40.8 Å². The van der Waals surface area contributed by atoms with Crippen molar-refractivity contribution < 1.29 is 17.9 Å². The summed E-state index contributed by atoms with van der Waals surface area (Å²) in [7, 11) is -3.96. The SMILES string of the molecule is Cc1ccc(S(=O)(=O)N2C[C@H](C(=O)N[C@@H](C)c3cc(C)c(C)cc3C)Oc3ccc(Cl)cc32)cc1. The summed E-state index contributed by atoms with van der Waals surface area (Å²) >= 11 is 6.18. The third kappa shape index (κ3) is 5.02. The molecule has 0 saturated heterocycles. The summed E-state index contributed by atoms with van der Waals surface area (Å²) in [5.74, 6) is -0.105. The van der Waals surface area contributed by atoms with Gasteiger partial charge >= 0.3 is 0 Å². The highest BCUT2D eigenvalue weighted by atomic mass is 35.5. The molecule has 1 aliphatic heterocycles. The lowest BCUT2D eigenvalue weighted by Crippen LogP contribution is -2.51. The van der Waals surface area contributed by atoms with Gasteiger partial charge in [0.25, 0.3) is 15.9 Å². The van der Waals surface area contributed by atoms with Crippen LogP contribution in [0.3, 0.4) is 0 Å². The molecule has 0 aromatic heterocycles. The third-order valence-corrected chi connectivity index (χ3v) is 8.43. The van der Waals surface area contributed by atoms with Gasteiger partial charge in [0.05, 0.1) is 23.2 Å². The van der Waals surface area contributed by atoms with Gasteiger partial charge in [-0.05, 0) is 87.2 Å². The van der Waals surface area contributed by atoms with E-state index < -0.39 is 16.1 Å². The Morgan fingerprint density at radius 2 is 1.66 bits per heavy atom. The number of rotatable bonds is 5. The first kappa shape index (κ1) is 25.1. The minimum absolute atomic E-state index is 0.134. The molecule has 0 radical (unpaired) electrons. The van der Waals surface area contributed by atoms with Crippen LogP contribution in [0.4, 0.5) is 5.69 Å². The van der Waals surface area contributed by atoms with Crippen molar-refractivity contribution in [1.29, 1.82) is 0 Å². The van der Waals surface area contributed by atoms with Crippen molar-refractivity contribution in [1.82, 2.24) is 5.32 Å². The van der Waals surface area contributed by atoms with Gasteiger partial charge in [-0.2, -0.15) is 0 Å². The number of ether oxygens (including phenoxy) is 1. The second-order valence-corrected chi connectivity index (χ2v) is 11.4. The molecule has 0 aliphatic carbocycles. The molecule has 35 heavy (non-hydrogen) atoms. The highest BCUT2D eigenvalue weighted by molar-refractivity contribution is 7.92. The van der Waals surface area contributed by atoms with Crippen LogP contribution < -0.4 is 14.4 Å². The minimum atomic E-state index is -3.96. The van der Waals surface area contributed by atoms with Crippen LogP contribution in [0.2, 0.25) is 5.02 Å². The molecule has 3 aromatic carbocycles. The number of fused-ring (bicyclic) bond motifs is 1. The molecule has 2 atom stereocenters. The van der Waals surface area contributed by atoms with Crippen molar-refractivity contribution >= 4 is 33.2 Å². The fraction of sp³-hybridized carbons (Fsp3) is 0.296. The monoisotopic (exact) mass is 512 g/mol. The average molecular weight is 513 g/mol. The summed E-state index contributed by atoms with van der Waals surface area (Å²) in [5, 5.41) is 3.38. The molecule has 184 valence electrons. The van der Waals surface area contributed by atoms with Gasteiger partial charge in [0.2, 0.25) is 0 Å². The van der Waals surface area contributed by atoms with Crippen LogP contribution in [0, 0.1) is 27.7 Å². The Labute approximate surface area is 211 Å². The molecule has 1 N–H and O–H groups in total. The number of sulfonamides is 1. The quantitative estimate of drug-likeness (QED) is 0.496. The van der Waals surface area contributed by atoms with E-state index in [2.05, 4.69) is 24.4 Å². The van der Waals surface area contributed by atoms with Crippen LogP contribution in [-0.4, -0.2) is 27.0 Å². The molecular weight excluding hydrogens is 484 g/mol. The molecule has 6 nitrogen and oxygen atoms in total. The fourth-order valence-corrected chi connectivity index (χ4v) is 5.89. The van der Waals surface area contributed by atoms with E-state index in [0.717, 1.165) is 22.3 Å². The predicted octanol–water partition coefficient (Wildman–Crippen LogP) is 5.41. The zero-order valence-electron chi connectivity index (χ0n) is 20.4. The Morgan fingerprint density at radius 1 is 1.00 bits per heavy atom. The van der Waals surface area contributed by atoms with Crippen LogP contribution in [0.25, 0.3) is 0 Å². The minimum Gasteiger partial charge on any atom is -0.476 e. The Morgan fingerprint density at radius 3 is 2.34 bits per heavy atom. The summed E-state index contributed by atoms with van der Waals surface area (Å²) in [5.41, 5.74) is 5.67. The second-order valence-electron chi connectivity index (χ2n) is 9.09. The Hall–Kier alpha value is -3.03. The fourth-order valence-electron chi connectivity index (χ4n) is 4.26. The summed E-state index contributed by atoms with van der Waals surface area (Å²) < 4.78 is 34.4. The molecule has 1 amide bonds. The number of hydrogen-bond acceptors (Lipinski definition) is 4. The van der Waals surface area contributed by atoms with Crippen molar-refractivity contribution in [3.63, 3.8) is 0 Å². The molecule has 0 fully saturated rings. The number of anilines is 1. The molecular formula is C27H29ClN2O4S. The zero-order chi connectivity index (χ0) is 25.5. The topological polar surface area (TPSA) is 75.7 Å². The van der Waals surface area contributed by atoms with Gasteiger partial charge in [-0.15, -0.1) is 0 Å². The smallest absolute Gasteiger partial charge is 0.264 e. The maximum atomic E-state index is 13.6. The molecule has 8 heteroatoms. The molecule has 0 bridgehead atoms. The van der Waals surface area contributed by atoms with E-state index in [4.69, 9.17) is 16.3 Å². The number of nitrogens with zero attached hydrogens (tertiary/aromatic N) is 1. The highest BCUT2D eigenvalue weighted by Gasteiger charge is 2.38. The van der Waals surface area contributed by atoms with E-state index in [1.165, 1.54) is 15.9 Å². The first-order valence-corrected chi connectivity index (χ1v) is 13.2. The number of nitrogens with one attached hydrogen (secondary N) is 1. The van der Waals surface area contributed by atoms with E-state index in [-0.39, 0.29) is 29.1 Å². The van der Waals surface area contributed by atoms with Crippen molar-refractivity contribution in [2.24, 2.45) is 0 Å². The average Bonchev–Trinajstić information content (AvgIpc) is 2.80. The number of aryl methyl sites for hydroxylation is 4. The van der Waals surface area contributed by atoms with Crippen molar-refractivity contribution in [3.05, 3.63) is 87.4 Å². The first-order valence-electron chi connectivity index (χ1n) is 11.4. The van der Waals surface area contributed by atoms with Crippen LogP contribution in [0.15, 0.2) is 59.5 Å². The normalized spacial score (nSPS) is 16.3. The molecule has 0 unspecified atom stereocenters. The molecule has 0 saturated carbocycles. The standard InChI is InChI=1S/C27H29ClN2O4S/c1-16-6-9-22(10-7-16)35(32,33)30-15-26(34-25-11-8-21(28)14-24(25)30)27(31)29-20(5)23-13-18(3)17(2)12-19(23)4/h6-14,20,26H,15H2,1-5H3,(H,29,31)/t20-,26+/m0/s1. The number of halogens is 1. The van der Waals surface area contributed by atoms with Gasteiger partial charge in [-0.3, -0.25) is 9.10 Å². The molecule has 3 aromatic rings. The molecule has 0 spiro atoms. The first-order chi connectivity index (χ1) is 16.5. The lowest BCUT2D eigenvalue weighted by molar-refractivity contribution is -0.128. The van der Waals surface area contributed by atoms with E-state index in [0.29, 0.717) is 10.7 Å². The van der Waals surface area contributed by atoms with Gasteiger partial charge in [0, 0.05) is 5.02 Å². The number of hydrogen-bond donors (Lipinski definition) is 1. The predicted molar refractivity (Wildman–Crippen MR) is 139 cm³/mol. The molecule has 1 aliphatic rings. The van der Waals surface area contributed by atoms with Crippen LogP contribution >= 0.6 is 11.6 Å². The summed E-state index contributed by atoms with van der Waals surface area (Å²) in [6, 6.07) is 15.2. The Kier molecular flexibility index (Phi) is 6.84. The van der Waals surface area contributed by atoms with E-state index in [1.807, 2.05) is 27.7 Å². The van der Waals surface area contributed by atoms with E-state index >= 15 is 0 Å². The second kappa shape index (κ2) is 9.55. The van der Waals surface area contributed by atoms with Gasteiger partial charge in [-0.1, -0.05) is 41.4 Å². The lowest BCUT2D eigenvalue weighted by atomic mass is 9.96. The van der Waals surface area contributed by atoms with E-state index in [9.17, 15) is 13.2 Å². The maximum Gasteiger partial charge on any atom is 0.264 e. The van der Waals surface area contributed by atoms with Crippen molar-refractivity contribution in [3.8, 4) is 5.75 Å². The summed E-state index contributed by atoms with van der Waals surface area (Å²) in [6.07, 6.45) is -1.03. The third-order valence-electron chi connectivity index (χ3n) is 6.40. The highest BCUT2D eigenvalue weighted by Crippen LogP contribution is 2.39. The van der Waals surface area contributed by atoms with E-state index in [1.54, 1.807) is 36.4 Å². The maximum absolute atomic E-state index is 13.6. The number of amides is 1. The van der Waals surface area contributed by atoms with Crippen molar-refractivity contribution in [2.45, 2.75) is 51.7 Å². The zero-order valence-corrected chi connectivity index (χ0v) is 22.0. The molecule has 4 rings (SSSR count). The molecule has 1 heterocycles. The van der Waals surface area contributed by atoms with Gasteiger partial charge in [0.1, 0.15) is 5.75 Å². The van der Waals surface area contributed by atoms with Gasteiger partial charge in [0.15, 0.2) is 6.10 Å². The lowest BCUT2D eigenvalue weighted by Gasteiger charge is -2.35. The number of carbonyl (C=O) groups is 1.